The molecule has 2 heteroatoms. The Bertz CT molecular complexity index is 322. The summed E-state index contributed by atoms with van der Waals surface area (Å²) in [5, 5.41) is 1.02. The summed E-state index contributed by atoms with van der Waals surface area (Å²) < 4.78 is 5.40. The van der Waals surface area contributed by atoms with Gasteiger partial charge in [-0.2, -0.15) is 0 Å². The fraction of sp³-hybridized carbons (Fsp3) is 0.538. The third-order valence-corrected chi connectivity index (χ3v) is 3.99. The molecule has 0 aliphatic rings. The first kappa shape index (κ1) is 12.6. The van der Waals surface area contributed by atoms with Crippen molar-refractivity contribution < 1.29 is 4.74 Å². The maximum absolute atomic E-state index is 5.40. The van der Waals surface area contributed by atoms with Crippen molar-refractivity contribution in [3.05, 3.63) is 29.3 Å². The monoisotopic (exact) mass is 270 g/mol. The highest BCUT2D eigenvalue weighted by Crippen LogP contribution is 2.33. The standard InChI is InChI=1S/C13H19BrO/c1-9-5-6-13(15-4)12(7-9)11(3)10(2)8-14/h5-7,10-11H,8H2,1-4H3. The van der Waals surface area contributed by atoms with Crippen molar-refractivity contribution in [3.8, 4) is 5.75 Å². The van der Waals surface area contributed by atoms with Crippen molar-refractivity contribution >= 4 is 15.9 Å². The van der Waals surface area contributed by atoms with Crippen molar-refractivity contribution in [2.45, 2.75) is 26.7 Å². The molecule has 1 rings (SSSR count). The first-order chi connectivity index (χ1) is 7.10. The van der Waals surface area contributed by atoms with Crippen LogP contribution in [-0.2, 0) is 0 Å². The first-order valence-electron chi connectivity index (χ1n) is 5.30. The number of halogens is 1. The van der Waals surface area contributed by atoms with Crippen molar-refractivity contribution in [1.29, 1.82) is 0 Å². The van der Waals surface area contributed by atoms with Crippen molar-refractivity contribution in [2.75, 3.05) is 12.4 Å². The number of hydrogen-bond donors (Lipinski definition) is 0. The number of methoxy groups -OCH3 is 1. The normalized spacial score (nSPS) is 14.7. The molecule has 0 amide bonds. The van der Waals surface area contributed by atoms with Gasteiger partial charge in [0.1, 0.15) is 5.75 Å². The van der Waals surface area contributed by atoms with E-state index in [4.69, 9.17) is 4.74 Å². The van der Waals surface area contributed by atoms with Crippen LogP contribution in [0.25, 0.3) is 0 Å². The Morgan fingerprint density at radius 1 is 1.33 bits per heavy atom. The predicted molar refractivity (Wildman–Crippen MR) is 69.1 cm³/mol. The van der Waals surface area contributed by atoms with Crippen LogP contribution < -0.4 is 4.74 Å². The van der Waals surface area contributed by atoms with Gasteiger partial charge < -0.3 is 4.74 Å². The zero-order valence-corrected chi connectivity index (χ0v) is 11.5. The van der Waals surface area contributed by atoms with E-state index in [0.717, 1.165) is 11.1 Å². The molecule has 0 radical (unpaired) electrons. The summed E-state index contributed by atoms with van der Waals surface area (Å²) in [7, 11) is 1.74. The van der Waals surface area contributed by atoms with Gasteiger partial charge in [-0.05, 0) is 30.4 Å². The van der Waals surface area contributed by atoms with E-state index in [1.165, 1.54) is 11.1 Å². The third kappa shape index (κ3) is 2.97. The zero-order chi connectivity index (χ0) is 11.4. The van der Waals surface area contributed by atoms with E-state index in [9.17, 15) is 0 Å². The number of hydrogen-bond acceptors (Lipinski definition) is 1. The molecule has 15 heavy (non-hydrogen) atoms. The highest BCUT2D eigenvalue weighted by atomic mass is 79.9. The molecule has 2 unspecified atom stereocenters. The Balaban J connectivity index is 3.05. The van der Waals surface area contributed by atoms with Gasteiger partial charge in [0.2, 0.25) is 0 Å². The van der Waals surface area contributed by atoms with Crippen LogP contribution in [-0.4, -0.2) is 12.4 Å². The molecule has 0 saturated heterocycles. The van der Waals surface area contributed by atoms with Crippen LogP contribution >= 0.6 is 15.9 Å². The zero-order valence-electron chi connectivity index (χ0n) is 9.88. The van der Waals surface area contributed by atoms with Crippen LogP contribution in [0.3, 0.4) is 0 Å². The Morgan fingerprint density at radius 3 is 2.53 bits per heavy atom. The molecule has 0 bridgehead atoms. The van der Waals surface area contributed by atoms with E-state index < -0.39 is 0 Å². The van der Waals surface area contributed by atoms with Gasteiger partial charge in [-0.25, -0.2) is 0 Å². The highest BCUT2D eigenvalue weighted by molar-refractivity contribution is 9.09. The van der Waals surface area contributed by atoms with Gasteiger partial charge in [0, 0.05) is 5.33 Å². The number of alkyl halides is 1. The van der Waals surface area contributed by atoms with E-state index in [-0.39, 0.29) is 0 Å². The van der Waals surface area contributed by atoms with Crippen LogP contribution in [0.5, 0.6) is 5.75 Å². The van der Waals surface area contributed by atoms with Crippen molar-refractivity contribution in [3.63, 3.8) is 0 Å². The Morgan fingerprint density at radius 2 is 2.00 bits per heavy atom. The number of benzene rings is 1. The van der Waals surface area contributed by atoms with Gasteiger partial charge in [0.25, 0.3) is 0 Å². The molecule has 1 nitrogen and oxygen atoms in total. The molecule has 0 saturated carbocycles. The molecule has 2 atom stereocenters. The quantitative estimate of drug-likeness (QED) is 0.748. The topological polar surface area (TPSA) is 9.23 Å². The lowest BCUT2D eigenvalue weighted by molar-refractivity contribution is 0.399. The summed E-state index contributed by atoms with van der Waals surface area (Å²) in [6.45, 7) is 6.62. The first-order valence-corrected chi connectivity index (χ1v) is 6.42. The largest absolute Gasteiger partial charge is 0.496 e. The fourth-order valence-corrected chi connectivity index (χ4v) is 2.21. The SMILES string of the molecule is COc1ccc(C)cc1C(C)C(C)CBr. The van der Waals surface area contributed by atoms with Crippen LogP contribution in [0.15, 0.2) is 18.2 Å². The van der Waals surface area contributed by atoms with E-state index >= 15 is 0 Å². The summed E-state index contributed by atoms with van der Waals surface area (Å²) in [6.07, 6.45) is 0. The summed E-state index contributed by atoms with van der Waals surface area (Å²) in [5.41, 5.74) is 2.60. The Hall–Kier alpha value is -0.500. The molecule has 0 aromatic heterocycles. The van der Waals surface area contributed by atoms with E-state index in [1.807, 2.05) is 0 Å². The smallest absolute Gasteiger partial charge is 0.122 e. The third-order valence-electron chi connectivity index (χ3n) is 2.97. The van der Waals surface area contributed by atoms with E-state index in [0.29, 0.717) is 11.8 Å². The maximum atomic E-state index is 5.40. The van der Waals surface area contributed by atoms with Crippen LogP contribution in [0, 0.1) is 12.8 Å². The molecule has 0 spiro atoms. The second-order valence-electron chi connectivity index (χ2n) is 4.17. The van der Waals surface area contributed by atoms with Crippen LogP contribution in [0.4, 0.5) is 0 Å². The average Bonchev–Trinajstić information content (AvgIpc) is 2.27. The van der Waals surface area contributed by atoms with Gasteiger partial charge in [0.05, 0.1) is 7.11 Å². The summed E-state index contributed by atoms with van der Waals surface area (Å²) in [5.74, 6) is 2.13. The lowest BCUT2D eigenvalue weighted by atomic mass is 9.89. The average molecular weight is 271 g/mol. The highest BCUT2D eigenvalue weighted by Gasteiger charge is 2.17. The van der Waals surface area contributed by atoms with Crippen LogP contribution in [0.1, 0.15) is 30.9 Å². The second kappa shape index (κ2) is 5.55. The second-order valence-corrected chi connectivity index (χ2v) is 4.81. The molecule has 0 N–H and O–H groups in total. The number of ether oxygens (including phenoxy) is 1. The van der Waals surface area contributed by atoms with Gasteiger partial charge >= 0.3 is 0 Å². The van der Waals surface area contributed by atoms with Gasteiger partial charge in [-0.3, -0.25) is 0 Å². The predicted octanol–water partition coefficient (Wildman–Crippen LogP) is 4.14. The molecule has 0 aliphatic heterocycles. The Kier molecular flexibility index (Phi) is 4.65. The van der Waals surface area contributed by atoms with Gasteiger partial charge in [-0.1, -0.05) is 47.5 Å². The molecule has 0 fully saturated rings. The minimum atomic E-state index is 0.513. The van der Waals surface area contributed by atoms with Gasteiger partial charge in [-0.15, -0.1) is 0 Å². The maximum Gasteiger partial charge on any atom is 0.122 e. The number of aryl methyl sites for hydroxylation is 1. The number of rotatable bonds is 4. The summed E-state index contributed by atoms with van der Waals surface area (Å²) in [4.78, 5) is 0. The fourth-order valence-electron chi connectivity index (χ4n) is 1.65. The molecule has 0 heterocycles. The summed E-state index contributed by atoms with van der Waals surface area (Å²) >= 11 is 3.54. The van der Waals surface area contributed by atoms with Crippen molar-refractivity contribution in [1.82, 2.24) is 0 Å². The molecule has 1 aromatic rings. The molecular formula is C13H19BrO. The molecular weight excluding hydrogens is 252 g/mol. The van der Waals surface area contributed by atoms with E-state index in [1.54, 1.807) is 7.11 Å². The van der Waals surface area contributed by atoms with Gasteiger partial charge in [0.15, 0.2) is 0 Å². The molecule has 0 aliphatic carbocycles. The minimum absolute atomic E-state index is 0.513. The van der Waals surface area contributed by atoms with Crippen molar-refractivity contribution in [2.24, 2.45) is 5.92 Å². The molecule has 84 valence electrons. The lowest BCUT2D eigenvalue weighted by Gasteiger charge is -2.21. The van der Waals surface area contributed by atoms with E-state index in [2.05, 4.69) is 54.9 Å². The molecule has 1 aromatic carbocycles. The minimum Gasteiger partial charge on any atom is -0.496 e. The summed E-state index contributed by atoms with van der Waals surface area (Å²) in [6, 6.07) is 6.37. The lowest BCUT2D eigenvalue weighted by Crippen LogP contribution is -2.09. The Labute approximate surface area is 101 Å². The van der Waals surface area contributed by atoms with Crippen LogP contribution in [0.2, 0.25) is 0 Å².